The van der Waals surface area contributed by atoms with Gasteiger partial charge < -0.3 is 24.8 Å². The molecule has 1 aromatic carbocycles. The van der Waals surface area contributed by atoms with E-state index in [0.717, 1.165) is 65.1 Å². The Morgan fingerprint density at radius 1 is 1.03 bits per heavy atom. The lowest BCUT2D eigenvalue weighted by Gasteiger charge is -2.34. The lowest BCUT2D eigenvalue weighted by Crippen LogP contribution is -2.44. The number of likely N-dealkylation sites (N-methyl/N-ethyl adjacent to an activating group) is 1. The maximum absolute atomic E-state index is 12.8. The topological polar surface area (TPSA) is 96.7 Å². The van der Waals surface area contributed by atoms with Gasteiger partial charge >= 0.3 is 0 Å². The van der Waals surface area contributed by atoms with Crippen LogP contribution in [0.3, 0.4) is 0 Å². The molecule has 8 nitrogen and oxygen atoms in total. The quantitative estimate of drug-likeness (QED) is 0.400. The minimum absolute atomic E-state index is 0.173. The molecule has 5 aromatic rings. The fourth-order valence-electron chi connectivity index (χ4n) is 4.71. The van der Waals surface area contributed by atoms with E-state index in [1.54, 1.807) is 12.4 Å². The molecule has 8 heteroatoms. The van der Waals surface area contributed by atoms with Gasteiger partial charge in [0.25, 0.3) is 5.56 Å². The van der Waals surface area contributed by atoms with Gasteiger partial charge in [0.1, 0.15) is 11.5 Å². The van der Waals surface area contributed by atoms with Gasteiger partial charge in [-0.3, -0.25) is 4.79 Å². The van der Waals surface area contributed by atoms with Crippen LogP contribution >= 0.6 is 0 Å². The normalized spacial score (nSPS) is 15.0. The molecule has 1 fully saturated rings. The van der Waals surface area contributed by atoms with Crippen molar-refractivity contribution in [2.45, 2.75) is 6.92 Å². The van der Waals surface area contributed by atoms with Crippen molar-refractivity contribution in [3.63, 3.8) is 0 Å². The smallest absolute Gasteiger partial charge is 0.259 e. The van der Waals surface area contributed by atoms with Crippen LogP contribution in [0.5, 0.6) is 0 Å². The molecule has 4 aromatic heterocycles. The van der Waals surface area contributed by atoms with Crippen molar-refractivity contribution in [3.8, 4) is 22.5 Å². The van der Waals surface area contributed by atoms with E-state index < -0.39 is 0 Å². The van der Waals surface area contributed by atoms with E-state index in [4.69, 9.17) is 4.98 Å². The number of benzene rings is 1. The van der Waals surface area contributed by atoms with E-state index in [-0.39, 0.29) is 5.56 Å². The third-order valence-electron chi connectivity index (χ3n) is 6.54. The predicted octanol–water partition coefficient (Wildman–Crippen LogP) is 3.52. The number of nitrogens with one attached hydrogen (secondary N) is 3. The lowest BCUT2D eigenvalue weighted by atomic mass is 10.0. The molecule has 166 valence electrons. The Labute approximate surface area is 190 Å². The number of rotatable bonds is 3. The van der Waals surface area contributed by atoms with Gasteiger partial charge in [-0.25, -0.2) is 9.97 Å². The number of hydrogen-bond acceptors (Lipinski definition) is 5. The number of aryl methyl sites for hydroxylation is 1. The van der Waals surface area contributed by atoms with Crippen molar-refractivity contribution in [1.82, 2.24) is 29.8 Å². The largest absolute Gasteiger partial charge is 0.369 e. The number of H-pyrrole nitrogens is 3. The Balaban J connectivity index is 1.41. The zero-order valence-corrected chi connectivity index (χ0v) is 18.6. The molecule has 3 N–H and O–H groups in total. The summed E-state index contributed by atoms with van der Waals surface area (Å²) in [7, 11) is 2.15. The zero-order chi connectivity index (χ0) is 22.5. The minimum atomic E-state index is -0.173. The predicted molar refractivity (Wildman–Crippen MR) is 132 cm³/mol. The van der Waals surface area contributed by atoms with Gasteiger partial charge in [-0.1, -0.05) is 0 Å². The van der Waals surface area contributed by atoms with Crippen molar-refractivity contribution in [2.24, 2.45) is 0 Å². The number of aromatic amines is 3. The number of fused-ring (bicyclic) bond motifs is 2. The van der Waals surface area contributed by atoms with Gasteiger partial charge in [-0.15, -0.1) is 0 Å². The third-order valence-corrected chi connectivity index (χ3v) is 6.54. The molecule has 1 saturated heterocycles. The van der Waals surface area contributed by atoms with Crippen molar-refractivity contribution in [1.29, 1.82) is 0 Å². The first-order chi connectivity index (χ1) is 16.1. The number of aromatic nitrogens is 5. The molecular weight excluding hydrogens is 414 g/mol. The van der Waals surface area contributed by atoms with Crippen LogP contribution < -0.4 is 10.5 Å². The van der Waals surface area contributed by atoms with E-state index in [1.807, 2.05) is 31.2 Å². The molecule has 5 heterocycles. The molecule has 33 heavy (non-hydrogen) atoms. The number of pyridine rings is 2. The molecule has 0 saturated carbocycles. The van der Waals surface area contributed by atoms with Crippen molar-refractivity contribution in [2.75, 3.05) is 38.1 Å². The molecule has 0 radical (unpaired) electrons. The minimum Gasteiger partial charge on any atom is -0.369 e. The Hall–Kier alpha value is -3.91. The highest BCUT2D eigenvalue weighted by Gasteiger charge is 2.17. The highest BCUT2D eigenvalue weighted by atomic mass is 16.1. The number of hydrogen-bond donors (Lipinski definition) is 3. The van der Waals surface area contributed by atoms with Crippen LogP contribution in [-0.2, 0) is 0 Å². The first kappa shape index (κ1) is 19.8. The average molecular weight is 440 g/mol. The molecule has 1 aliphatic rings. The summed E-state index contributed by atoms with van der Waals surface area (Å²) in [5.41, 5.74) is 7.08. The van der Waals surface area contributed by atoms with Gasteiger partial charge in [0.2, 0.25) is 0 Å². The molecule has 0 unspecified atom stereocenters. The van der Waals surface area contributed by atoms with Crippen LogP contribution in [0.25, 0.3) is 44.6 Å². The highest BCUT2D eigenvalue weighted by Crippen LogP contribution is 2.32. The van der Waals surface area contributed by atoms with Gasteiger partial charge in [0.05, 0.1) is 16.6 Å². The van der Waals surface area contributed by atoms with Gasteiger partial charge in [-0.05, 0) is 50.4 Å². The van der Waals surface area contributed by atoms with Crippen molar-refractivity contribution in [3.05, 3.63) is 64.8 Å². The summed E-state index contributed by atoms with van der Waals surface area (Å²) >= 11 is 0. The molecule has 0 bridgehead atoms. The van der Waals surface area contributed by atoms with E-state index in [0.29, 0.717) is 11.4 Å². The van der Waals surface area contributed by atoms with E-state index in [2.05, 4.69) is 48.9 Å². The Morgan fingerprint density at radius 3 is 2.73 bits per heavy atom. The summed E-state index contributed by atoms with van der Waals surface area (Å²) < 4.78 is 0. The first-order valence-electron chi connectivity index (χ1n) is 11.2. The van der Waals surface area contributed by atoms with E-state index in [1.165, 1.54) is 5.69 Å². The lowest BCUT2D eigenvalue weighted by molar-refractivity contribution is 0.313. The Morgan fingerprint density at radius 2 is 1.88 bits per heavy atom. The third kappa shape index (κ3) is 3.39. The van der Waals surface area contributed by atoms with Crippen LogP contribution in [0.15, 0.2) is 53.6 Å². The second-order valence-corrected chi connectivity index (χ2v) is 8.73. The standard InChI is InChI=1S/C25H25N7O/c1-15-22(18-4-3-7-26-23(18)28-15)16-12-19(25(33)27-14-16)24-29-20-6-5-17(13-21(20)30-24)32-10-8-31(2)9-11-32/h3-7,12-14H,8-11H2,1-2H3,(H,26,28)(H,27,33)(H,29,30). The molecule has 1 aliphatic heterocycles. The molecule has 6 rings (SSSR count). The SMILES string of the molecule is Cc1[nH]c2ncccc2c1-c1c[nH]c(=O)c(-c2nc3ccc(N4CCN(C)CC4)cc3[nH]2)c1. The molecule has 0 aliphatic carbocycles. The van der Waals surface area contributed by atoms with Crippen LogP contribution in [-0.4, -0.2) is 63.0 Å². The molecular formula is C25H25N7O. The molecule has 0 atom stereocenters. The summed E-state index contributed by atoms with van der Waals surface area (Å²) in [6.45, 7) is 6.13. The number of piperazine rings is 1. The summed E-state index contributed by atoms with van der Waals surface area (Å²) in [5.74, 6) is 0.569. The van der Waals surface area contributed by atoms with Crippen LogP contribution in [0, 0.1) is 6.92 Å². The van der Waals surface area contributed by atoms with Crippen LogP contribution in [0.4, 0.5) is 5.69 Å². The fourth-order valence-corrected chi connectivity index (χ4v) is 4.71. The van der Waals surface area contributed by atoms with Crippen LogP contribution in [0.2, 0.25) is 0 Å². The van der Waals surface area contributed by atoms with E-state index in [9.17, 15) is 4.79 Å². The number of imidazole rings is 1. The second kappa shape index (κ2) is 7.60. The van der Waals surface area contributed by atoms with Crippen molar-refractivity contribution >= 4 is 27.8 Å². The maximum atomic E-state index is 12.8. The molecule has 0 amide bonds. The fraction of sp³-hybridized carbons (Fsp3) is 0.240. The monoisotopic (exact) mass is 439 g/mol. The van der Waals surface area contributed by atoms with Gasteiger partial charge in [0.15, 0.2) is 0 Å². The summed E-state index contributed by atoms with van der Waals surface area (Å²) in [6, 6.07) is 12.1. The first-order valence-corrected chi connectivity index (χ1v) is 11.2. The van der Waals surface area contributed by atoms with Gasteiger partial charge in [0, 0.05) is 66.5 Å². The zero-order valence-electron chi connectivity index (χ0n) is 18.6. The van der Waals surface area contributed by atoms with Gasteiger partial charge in [-0.2, -0.15) is 0 Å². The second-order valence-electron chi connectivity index (χ2n) is 8.73. The Kier molecular flexibility index (Phi) is 4.55. The number of anilines is 1. The van der Waals surface area contributed by atoms with Crippen molar-refractivity contribution < 1.29 is 0 Å². The average Bonchev–Trinajstić information content (AvgIpc) is 3.39. The Bertz CT molecular complexity index is 1540. The number of nitrogens with zero attached hydrogens (tertiary/aromatic N) is 4. The summed E-state index contributed by atoms with van der Waals surface area (Å²) in [4.78, 5) is 36.2. The molecule has 0 spiro atoms. The highest BCUT2D eigenvalue weighted by molar-refractivity contribution is 5.96. The summed E-state index contributed by atoms with van der Waals surface area (Å²) in [5, 5.41) is 1.02. The van der Waals surface area contributed by atoms with E-state index >= 15 is 0 Å². The summed E-state index contributed by atoms with van der Waals surface area (Å²) in [6.07, 6.45) is 3.52. The van der Waals surface area contributed by atoms with Crippen LogP contribution in [0.1, 0.15) is 5.69 Å². The maximum Gasteiger partial charge on any atom is 0.259 e.